The van der Waals surface area contributed by atoms with E-state index in [0.29, 0.717) is 23.7 Å². The molecule has 24 heavy (non-hydrogen) atoms. The van der Waals surface area contributed by atoms with Crippen molar-refractivity contribution in [1.82, 2.24) is 0 Å². The molecule has 0 radical (unpaired) electrons. The minimum Gasteiger partial charge on any atom is -0.493 e. The number of carbonyl (C=O) groups is 1. The van der Waals surface area contributed by atoms with Gasteiger partial charge in [0, 0.05) is 5.56 Å². The van der Waals surface area contributed by atoms with Gasteiger partial charge >= 0.3 is 5.97 Å². The van der Waals surface area contributed by atoms with E-state index in [0.717, 1.165) is 5.56 Å². The Morgan fingerprint density at radius 1 is 1.17 bits per heavy atom. The van der Waals surface area contributed by atoms with Crippen LogP contribution in [0.25, 0.3) is 0 Å². The lowest BCUT2D eigenvalue weighted by Gasteiger charge is -2.15. The highest BCUT2D eigenvalue weighted by atomic mass is 16.6. The number of carbonyl (C=O) groups excluding carboxylic acids is 1. The van der Waals surface area contributed by atoms with E-state index in [-0.39, 0.29) is 6.61 Å². The first-order valence-corrected chi connectivity index (χ1v) is 7.68. The van der Waals surface area contributed by atoms with Gasteiger partial charge in [-0.25, -0.2) is 4.79 Å². The number of benzene rings is 2. The van der Waals surface area contributed by atoms with Gasteiger partial charge in [-0.3, -0.25) is 0 Å². The molecule has 0 saturated carbocycles. The van der Waals surface area contributed by atoms with Gasteiger partial charge < -0.3 is 14.2 Å². The zero-order valence-corrected chi connectivity index (χ0v) is 13.7. The summed E-state index contributed by atoms with van der Waals surface area (Å²) in [7, 11) is 0. The van der Waals surface area contributed by atoms with Crippen LogP contribution in [0.1, 0.15) is 25.0 Å². The lowest BCUT2D eigenvalue weighted by atomic mass is 10.2. The van der Waals surface area contributed by atoms with Crippen molar-refractivity contribution in [2.45, 2.75) is 26.6 Å². The van der Waals surface area contributed by atoms with Gasteiger partial charge in [-0.1, -0.05) is 18.2 Å². The highest BCUT2D eigenvalue weighted by Gasteiger charge is 2.17. The predicted octanol–water partition coefficient (Wildman–Crippen LogP) is 3.47. The molecule has 0 aliphatic heterocycles. The number of hydrogen-bond donors (Lipinski definition) is 0. The molecule has 2 aromatic rings. The van der Waals surface area contributed by atoms with E-state index in [1.54, 1.807) is 31.2 Å². The number of para-hydroxylation sites is 1. The third kappa shape index (κ3) is 4.75. The smallest absolute Gasteiger partial charge is 0.347 e. The Labute approximate surface area is 141 Å². The van der Waals surface area contributed by atoms with E-state index in [1.807, 2.05) is 37.3 Å². The Morgan fingerprint density at radius 3 is 2.54 bits per heavy atom. The van der Waals surface area contributed by atoms with Gasteiger partial charge in [0.1, 0.15) is 18.1 Å². The Hall–Kier alpha value is -3.00. The maximum atomic E-state index is 12.1. The van der Waals surface area contributed by atoms with E-state index < -0.39 is 12.1 Å². The first-order valence-electron chi connectivity index (χ1n) is 7.68. The van der Waals surface area contributed by atoms with Crippen LogP contribution in [0.4, 0.5) is 0 Å². The Balaban J connectivity index is 1.91. The van der Waals surface area contributed by atoms with Crippen LogP contribution in [0.3, 0.4) is 0 Å². The monoisotopic (exact) mass is 325 g/mol. The van der Waals surface area contributed by atoms with E-state index in [4.69, 9.17) is 19.5 Å². The molecular weight excluding hydrogens is 306 g/mol. The van der Waals surface area contributed by atoms with E-state index in [1.165, 1.54) is 0 Å². The average Bonchev–Trinajstić information content (AvgIpc) is 2.61. The summed E-state index contributed by atoms with van der Waals surface area (Å²) in [6.45, 7) is 4.19. The molecule has 0 aromatic heterocycles. The van der Waals surface area contributed by atoms with Crippen LogP contribution in [-0.4, -0.2) is 18.7 Å². The number of nitriles is 1. The fourth-order valence-electron chi connectivity index (χ4n) is 2.05. The molecule has 1 atom stereocenters. The van der Waals surface area contributed by atoms with Crippen molar-refractivity contribution in [2.75, 3.05) is 6.61 Å². The average molecular weight is 325 g/mol. The molecule has 0 spiro atoms. The van der Waals surface area contributed by atoms with Crippen LogP contribution in [0.2, 0.25) is 0 Å². The zero-order chi connectivity index (χ0) is 17.4. The number of esters is 1. The van der Waals surface area contributed by atoms with Gasteiger partial charge in [-0.15, -0.1) is 0 Å². The molecule has 0 saturated heterocycles. The third-order valence-corrected chi connectivity index (χ3v) is 3.27. The molecule has 5 heteroatoms. The summed E-state index contributed by atoms with van der Waals surface area (Å²) in [6, 6.07) is 16.0. The first-order chi connectivity index (χ1) is 11.6. The largest absolute Gasteiger partial charge is 0.493 e. The lowest BCUT2D eigenvalue weighted by molar-refractivity contribution is -0.152. The molecule has 2 aromatic carbocycles. The quantitative estimate of drug-likeness (QED) is 0.729. The highest BCUT2D eigenvalue weighted by molar-refractivity contribution is 5.74. The van der Waals surface area contributed by atoms with Crippen LogP contribution in [-0.2, 0) is 16.1 Å². The van der Waals surface area contributed by atoms with Crippen LogP contribution >= 0.6 is 0 Å². The summed E-state index contributed by atoms with van der Waals surface area (Å²) < 4.78 is 16.3. The number of rotatable bonds is 7. The maximum absolute atomic E-state index is 12.1. The first kappa shape index (κ1) is 17.4. The van der Waals surface area contributed by atoms with Crippen molar-refractivity contribution in [3.63, 3.8) is 0 Å². The van der Waals surface area contributed by atoms with Gasteiger partial charge in [0.25, 0.3) is 0 Å². The van der Waals surface area contributed by atoms with E-state index in [2.05, 4.69) is 0 Å². The van der Waals surface area contributed by atoms with Gasteiger partial charge in [0.15, 0.2) is 6.10 Å². The Bertz CT molecular complexity index is 719. The van der Waals surface area contributed by atoms with Crippen molar-refractivity contribution < 1.29 is 19.0 Å². The third-order valence-electron chi connectivity index (χ3n) is 3.27. The van der Waals surface area contributed by atoms with E-state index >= 15 is 0 Å². The van der Waals surface area contributed by atoms with Crippen molar-refractivity contribution in [2.24, 2.45) is 0 Å². The van der Waals surface area contributed by atoms with Gasteiger partial charge in [-0.2, -0.15) is 5.26 Å². The van der Waals surface area contributed by atoms with E-state index in [9.17, 15) is 4.79 Å². The Morgan fingerprint density at radius 2 is 1.88 bits per heavy atom. The summed E-state index contributed by atoms with van der Waals surface area (Å²) in [5.74, 6) is 0.743. The van der Waals surface area contributed by atoms with Crippen molar-refractivity contribution in [1.29, 1.82) is 5.26 Å². The molecule has 124 valence electrons. The molecule has 0 bridgehead atoms. The predicted molar refractivity (Wildman–Crippen MR) is 88.7 cm³/mol. The normalized spacial score (nSPS) is 11.2. The fraction of sp³-hybridized carbons (Fsp3) is 0.263. The van der Waals surface area contributed by atoms with Crippen molar-refractivity contribution in [3.8, 4) is 17.6 Å². The maximum Gasteiger partial charge on any atom is 0.347 e. The molecule has 0 unspecified atom stereocenters. The van der Waals surface area contributed by atoms with Crippen molar-refractivity contribution in [3.05, 3.63) is 59.7 Å². The number of hydrogen-bond acceptors (Lipinski definition) is 5. The molecule has 2 rings (SSSR count). The minimum absolute atomic E-state index is 0.121. The molecule has 0 aliphatic carbocycles. The second-order valence-electron chi connectivity index (χ2n) is 5.04. The number of ether oxygens (including phenoxy) is 3. The minimum atomic E-state index is -0.753. The SMILES string of the molecule is CCOc1ccccc1COC(=O)[C@H](C)Oc1ccc(C#N)cc1. The van der Waals surface area contributed by atoms with Crippen molar-refractivity contribution >= 4 is 5.97 Å². The fourth-order valence-corrected chi connectivity index (χ4v) is 2.05. The topological polar surface area (TPSA) is 68.6 Å². The number of nitrogens with zero attached hydrogens (tertiary/aromatic N) is 1. The summed E-state index contributed by atoms with van der Waals surface area (Å²) in [5.41, 5.74) is 1.34. The zero-order valence-electron chi connectivity index (χ0n) is 13.7. The molecular formula is C19H19NO4. The molecule has 0 aliphatic rings. The second kappa shape index (κ2) is 8.59. The second-order valence-corrected chi connectivity index (χ2v) is 5.04. The van der Waals surface area contributed by atoms with Crippen LogP contribution in [0.5, 0.6) is 11.5 Å². The molecule has 0 N–H and O–H groups in total. The summed E-state index contributed by atoms with van der Waals surface area (Å²) in [5, 5.41) is 8.76. The lowest BCUT2D eigenvalue weighted by Crippen LogP contribution is -2.26. The molecule has 5 nitrogen and oxygen atoms in total. The Kier molecular flexibility index (Phi) is 6.21. The van der Waals surface area contributed by atoms with Crippen LogP contribution < -0.4 is 9.47 Å². The van der Waals surface area contributed by atoms with Gasteiger partial charge in [-0.05, 0) is 44.2 Å². The summed E-state index contributed by atoms with van der Waals surface area (Å²) in [6.07, 6.45) is -0.753. The summed E-state index contributed by atoms with van der Waals surface area (Å²) in [4.78, 5) is 12.1. The van der Waals surface area contributed by atoms with Crippen LogP contribution in [0, 0.1) is 11.3 Å². The van der Waals surface area contributed by atoms with Gasteiger partial charge in [0.05, 0.1) is 18.2 Å². The molecule has 0 amide bonds. The van der Waals surface area contributed by atoms with Gasteiger partial charge in [0.2, 0.25) is 0 Å². The standard InChI is InChI=1S/C19H19NO4/c1-3-22-18-7-5-4-6-16(18)13-23-19(21)14(2)24-17-10-8-15(12-20)9-11-17/h4-11,14H,3,13H2,1-2H3/t14-/m0/s1. The highest BCUT2D eigenvalue weighted by Crippen LogP contribution is 2.19. The molecule has 0 fully saturated rings. The summed E-state index contributed by atoms with van der Waals surface area (Å²) >= 11 is 0. The molecule has 0 heterocycles. The van der Waals surface area contributed by atoms with Crippen LogP contribution in [0.15, 0.2) is 48.5 Å².